The summed E-state index contributed by atoms with van der Waals surface area (Å²) in [6.45, 7) is 13.7. The second-order valence-corrected chi connectivity index (χ2v) is 19.9. The predicted octanol–water partition coefficient (Wildman–Crippen LogP) is 2.28. The van der Waals surface area contributed by atoms with Crippen molar-refractivity contribution in [2.24, 2.45) is 29.4 Å². The Balaban J connectivity index is 1.87. The fraction of sp³-hybridized carbons (Fsp3) is 0.547. The van der Waals surface area contributed by atoms with E-state index in [1.807, 2.05) is 18.2 Å². The van der Waals surface area contributed by atoms with Crippen LogP contribution in [0.3, 0.4) is 0 Å². The van der Waals surface area contributed by atoms with E-state index in [1.54, 1.807) is 98.0 Å². The molecule has 412 valence electrons. The van der Waals surface area contributed by atoms with E-state index in [4.69, 9.17) is 10.8 Å². The van der Waals surface area contributed by atoms with Crippen LogP contribution >= 0.6 is 0 Å². The highest BCUT2D eigenvalue weighted by Gasteiger charge is 2.37. The molecule has 1 heterocycles. The molecule has 22 heteroatoms. The number of para-hydroxylation sites is 1. The Hall–Kier alpha value is -7.36. The number of rotatable bonds is 32. The molecule has 0 saturated carbocycles. The number of carboxylic acid groups (broad SMARTS) is 3. The molecule has 2 aromatic carbocycles. The Kier molecular flexibility index (Phi) is 24.9. The number of fused-ring (bicyclic) bond motifs is 1. The maximum absolute atomic E-state index is 14.3. The Bertz CT molecular complexity index is 2450. The molecule has 0 fully saturated rings. The van der Waals surface area contributed by atoms with Gasteiger partial charge < -0.3 is 63.3 Å². The first-order chi connectivity index (χ1) is 35.4. The number of amides is 7. The van der Waals surface area contributed by atoms with E-state index < -0.39 is 138 Å². The van der Waals surface area contributed by atoms with Crippen molar-refractivity contribution in [3.63, 3.8) is 0 Å². The van der Waals surface area contributed by atoms with Crippen LogP contribution in [-0.4, -0.2) is 128 Å². The second-order valence-electron chi connectivity index (χ2n) is 19.9. The minimum absolute atomic E-state index is 0.0111. The van der Waals surface area contributed by atoms with Gasteiger partial charge in [-0.3, -0.25) is 43.2 Å². The first-order valence-corrected chi connectivity index (χ1v) is 25.5. The zero-order valence-corrected chi connectivity index (χ0v) is 44.1. The summed E-state index contributed by atoms with van der Waals surface area (Å²) in [4.78, 5) is 136. The fourth-order valence-electron chi connectivity index (χ4n) is 8.19. The fourth-order valence-corrected chi connectivity index (χ4v) is 8.19. The van der Waals surface area contributed by atoms with E-state index in [0.717, 1.165) is 10.9 Å². The molecule has 0 saturated heterocycles. The number of carbonyl (C=O) groups is 10. The molecule has 0 bridgehead atoms. The highest BCUT2D eigenvalue weighted by atomic mass is 16.4. The summed E-state index contributed by atoms with van der Waals surface area (Å²) in [7, 11) is 0. The lowest BCUT2D eigenvalue weighted by molar-refractivity contribution is -0.143. The van der Waals surface area contributed by atoms with Gasteiger partial charge in [0.1, 0.15) is 42.3 Å². The van der Waals surface area contributed by atoms with Crippen LogP contribution in [0.15, 0.2) is 60.8 Å². The van der Waals surface area contributed by atoms with Crippen LogP contribution in [0.5, 0.6) is 0 Å². The van der Waals surface area contributed by atoms with Gasteiger partial charge in [0, 0.05) is 42.8 Å². The molecule has 7 amide bonds. The number of nitrogens with two attached hydrogens (primary N) is 1. The number of carboxylic acids is 3. The maximum Gasteiger partial charge on any atom is 0.326 e. The van der Waals surface area contributed by atoms with Gasteiger partial charge in [0.25, 0.3) is 0 Å². The molecule has 0 aliphatic rings. The number of nitrogens with one attached hydrogen (secondary N) is 8. The zero-order valence-electron chi connectivity index (χ0n) is 44.1. The van der Waals surface area contributed by atoms with Crippen molar-refractivity contribution in [1.82, 2.24) is 42.2 Å². The number of carbonyl (C=O) groups excluding carboxylic acids is 7. The third-order valence-corrected chi connectivity index (χ3v) is 13.1. The lowest BCUT2D eigenvalue weighted by Gasteiger charge is -2.30. The van der Waals surface area contributed by atoms with Gasteiger partial charge in [-0.05, 0) is 60.1 Å². The summed E-state index contributed by atoms with van der Waals surface area (Å²) in [6, 6.07) is 5.27. The minimum atomic E-state index is -1.56. The Morgan fingerprint density at radius 3 is 1.53 bits per heavy atom. The summed E-state index contributed by atoms with van der Waals surface area (Å²) in [5.74, 6) is -11.4. The molecule has 0 aliphatic carbocycles. The van der Waals surface area contributed by atoms with Gasteiger partial charge in [-0.15, -0.1) is 0 Å². The number of aromatic amines is 1. The van der Waals surface area contributed by atoms with Crippen molar-refractivity contribution in [2.45, 2.75) is 162 Å². The number of aromatic nitrogens is 1. The molecular weight excluding hydrogens is 971 g/mol. The van der Waals surface area contributed by atoms with Gasteiger partial charge in [-0.25, -0.2) is 4.79 Å². The molecule has 13 N–H and O–H groups in total. The molecule has 0 radical (unpaired) electrons. The van der Waals surface area contributed by atoms with Gasteiger partial charge in [0.05, 0.1) is 6.04 Å². The van der Waals surface area contributed by atoms with Gasteiger partial charge >= 0.3 is 17.9 Å². The molecule has 0 unspecified atom stereocenters. The summed E-state index contributed by atoms with van der Waals surface area (Å²) in [5, 5.41) is 48.1. The largest absolute Gasteiger partial charge is 0.481 e. The molecule has 22 nitrogen and oxygen atoms in total. The van der Waals surface area contributed by atoms with Crippen molar-refractivity contribution in [3.05, 3.63) is 71.9 Å². The van der Waals surface area contributed by atoms with E-state index in [0.29, 0.717) is 24.0 Å². The summed E-state index contributed by atoms with van der Waals surface area (Å²) < 4.78 is 0. The topological polar surface area (TPSA) is 357 Å². The number of benzene rings is 2. The van der Waals surface area contributed by atoms with E-state index in [-0.39, 0.29) is 38.0 Å². The zero-order chi connectivity index (χ0) is 56.1. The lowest BCUT2D eigenvalue weighted by atomic mass is 9.95. The number of hydrogen-bond donors (Lipinski definition) is 12. The number of hydrogen-bond acceptors (Lipinski definition) is 11. The average molecular weight is 1050 g/mol. The van der Waals surface area contributed by atoms with Crippen LogP contribution < -0.4 is 43.0 Å². The summed E-state index contributed by atoms with van der Waals surface area (Å²) >= 11 is 0. The molecule has 1 aromatic heterocycles. The Morgan fingerprint density at radius 1 is 0.520 bits per heavy atom. The molecule has 10 atom stereocenters. The first-order valence-electron chi connectivity index (χ1n) is 25.5. The van der Waals surface area contributed by atoms with E-state index >= 15 is 0 Å². The van der Waals surface area contributed by atoms with Crippen molar-refractivity contribution < 1.29 is 63.3 Å². The van der Waals surface area contributed by atoms with Gasteiger partial charge in [0.2, 0.25) is 41.4 Å². The van der Waals surface area contributed by atoms with Crippen LogP contribution in [0.25, 0.3) is 10.9 Å². The Labute approximate surface area is 437 Å². The average Bonchev–Trinajstić information content (AvgIpc) is 3.77. The highest BCUT2D eigenvalue weighted by molar-refractivity contribution is 5.98. The molecular formula is C53H77N9O13. The normalized spacial score (nSPS) is 15.3. The van der Waals surface area contributed by atoms with Crippen molar-refractivity contribution in [2.75, 3.05) is 0 Å². The predicted molar refractivity (Wildman–Crippen MR) is 278 cm³/mol. The van der Waals surface area contributed by atoms with Crippen LogP contribution in [0.4, 0.5) is 0 Å². The summed E-state index contributed by atoms with van der Waals surface area (Å²) in [5.41, 5.74) is 8.00. The van der Waals surface area contributed by atoms with Crippen LogP contribution in [-0.2, 0) is 60.8 Å². The van der Waals surface area contributed by atoms with Crippen LogP contribution in [0.2, 0.25) is 0 Å². The van der Waals surface area contributed by atoms with Gasteiger partial charge in [-0.1, -0.05) is 117 Å². The van der Waals surface area contributed by atoms with E-state index in [1.165, 1.54) is 0 Å². The molecule has 75 heavy (non-hydrogen) atoms. The molecule has 0 spiro atoms. The number of aliphatic carboxylic acids is 3. The van der Waals surface area contributed by atoms with Gasteiger partial charge in [-0.2, -0.15) is 0 Å². The first kappa shape index (κ1) is 61.9. The minimum Gasteiger partial charge on any atom is -0.481 e. The van der Waals surface area contributed by atoms with E-state index in [9.17, 15) is 58.2 Å². The maximum atomic E-state index is 14.3. The second kappa shape index (κ2) is 30.1. The SMILES string of the molecule is CC[C@H](C)[C@H](NC(=O)[C@@H](NC(=O)[C@H](CCC(=O)O)NC(=O)[C@H](CC(C)C)NC(=O)[C@H](Cc1ccccc1)NC(=O)[C@@H](NC(=O)[C@@H](N)CCC(=O)O)[C@@H](C)CC)C(C)C)C(=O)N[C@@H](Cc1c[nH]c2ccccc12)C(=O)O. The molecule has 3 aromatic rings. The highest BCUT2D eigenvalue weighted by Crippen LogP contribution is 2.20. The van der Waals surface area contributed by atoms with Crippen molar-refractivity contribution >= 4 is 70.2 Å². The third-order valence-electron chi connectivity index (χ3n) is 13.1. The quantitative estimate of drug-likeness (QED) is 0.0427. The molecule has 0 aliphatic heterocycles. The van der Waals surface area contributed by atoms with Crippen molar-refractivity contribution in [3.8, 4) is 0 Å². The van der Waals surface area contributed by atoms with Gasteiger partial charge in [0.15, 0.2) is 0 Å². The van der Waals surface area contributed by atoms with Crippen molar-refractivity contribution in [1.29, 1.82) is 0 Å². The molecule has 3 rings (SSSR count). The van der Waals surface area contributed by atoms with Crippen LogP contribution in [0, 0.1) is 23.7 Å². The van der Waals surface area contributed by atoms with E-state index in [2.05, 4.69) is 42.2 Å². The monoisotopic (exact) mass is 1050 g/mol. The smallest absolute Gasteiger partial charge is 0.326 e. The Morgan fingerprint density at radius 2 is 0.987 bits per heavy atom. The number of H-pyrrole nitrogens is 1. The summed E-state index contributed by atoms with van der Waals surface area (Å²) in [6.07, 6.45) is 0.728. The lowest BCUT2D eigenvalue weighted by Crippen LogP contribution is -2.62. The van der Waals surface area contributed by atoms with Crippen LogP contribution in [0.1, 0.15) is 111 Å². The third kappa shape index (κ3) is 19.8. The standard InChI is InChI=1S/C53H77N9O13/c1-9-30(7)44(61-46(67)35(54)20-22-41(63)64)51(72)58-39(25-32-16-12-11-13-17-32)49(70)57-38(24-28(3)4)48(69)56-37(21-23-42(65)66)47(68)60-43(29(5)6)50(71)62-45(31(8)10-2)52(73)59-40(53(74)75)26-33-27-55-36-19-15-14-18-34(33)36/h11-19,27-31,35,37-40,43-45,55H,9-10,20-26,54H2,1-8H3,(H,56,69)(H,57,70)(H,58,72)(H,59,73)(H,60,68)(H,61,67)(H,62,71)(H,63,64)(H,65,66)(H,74,75)/t30-,31-,35-,37-,38-,39-,40-,43-,44-,45-/m0/s1.